The fourth-order valence-corrected chi connectivity index (χ4v) is 3.25. The van der Waals surface area contributed by atoms with Crippen LogP contribution in [-0.4, -0.2) is 25.6 Å². The van der Waals surface area contributed by atoms with Crippen molar-refractivity contribution in [2.24, 2.45) is 5.92 Å². The number of nitrogens with zero attached hydrogens (tertiary/aromatic N) is 4. The molecule has 5 heteroatoms. The number of rotatable bonds is 4. The Balaban J connectivity index is 1.69. The zero-order chi connectivity index (χ0) is 13.9. The number of nitrogens with one attached hydrogen (secondary N) is 1. The second-order valence-electron chi connectivity index (χ2n) is 5.91. The minimum atomic E-state index is 0.553. The van der Waals surface area contributed by atoms with E-state index in [1.807, 2.05) is 6.92 Å². The van der Waals surface area contributed by atoms with Crippen LogP contribution in [0.15, 0.2) is 12.4 Å². The normalized spacial score (nSPS) is 23.1. The molecule has 2 aromatic rings. The molecular formula is C15H23N5. The quantitative estimate of drug-likeness (QED) is 0.929. The molecule has 0 radical (unpaired) electrons. The van der Waals surface area contributed by atoms with E-state index in [9.17, 15) is 0 Å². The summed E-state index contributed by atoms with van der Waals surface area (Å²) in [4.78, 5) is 8.55. The van der Waals surface area contributed by atoms with Crippen molar-refractivity contribution < 1.29 is 0 Å². The number of hydrogen-bond donors (Lipinski definition) is 1. The maximum atomic E-state index is 4.38. The summed E-state index contributed by atoms with van der Waals surface area (Å²) < 4.78 is 1.80. The molecule has 0 atom stereocenters. The van der Waals surface area contributed by atoms with E-state index in [0.717, 1.165) is 17.4 Å². The number of aryl methyl sites for hydroxylation is 1. The first-order valence-electron chi connectivity index (χ1n) is 7.70. The molecule has 0 aliphatic heterocycles. The average Bonchev–Trinajstić information content (AvgIpc) is 2.89. The number of fused-ring (bicyclic) bond motifs is 1. The average molecular weight is 273 g/mol. The standard InChI is InChI=1S/C15H23N5/c1-3-4-12-5-7-13(8-6-12)19-14-9-11(2)18-15-16-10-17-20(14)15/h9-10,12-13,19H,3-8H2,1-2H3. The SMILES string of the molecule is CCCC1CCC(Nc2cc(C)nc3ncnn23)CC1. The lowest BCUT2D eigenvalue weighted by Gasteiger charge is -2.29. The van der Waals surface area contributed by atoms with Gasteiger partial charge in [-0.3, -0.25) is 0 Å². The van der Waals surface area contributed by atoms with Crippen LogP contribution in [-0.2, 0) is 0 Å². The van der Waals surface area contributed by atoms with Gasteiger partial charge in [0.1, 0.15) is 12.1 Å². The van der Waals surface area contributed by atoms with Gasteiger partial charge in [0, 0.05) is 17.8 Å². The molecule has 0 bridgehead atoms. The van der Waals surface area contributed by atoms with E-state index in [-0.39, 0.29) is 0 Å². The third-order valence-corrected chi connectivity index (χ3v) is 4.28. The van der Waals surface area contributed by atoms with Crippen LogP contribution in [0.1, 0.15) is 51.1 Å². The van der Waals surface area contributed by atoms with Crippen molar-refractivity contribution in [3.05, 3.63) is 18.1 Å². The zero-order valence-electron chi connectivity index (χ0n) is 12.3. The summed E-state index contributed by atoms with van der Waals surface area (Å²) >= 11 is 0. The lowest BCUT2D eigenvalue weighted by atomic mass is 9.83. The summed E-state index contributed by atoms with van der Waals surface area (Å²) in [7, 11) is 0. The predicted molar refractivity (Wildman–Crippen MR) is 79.8 cm³/mol. The van der Waals surface area contributed by atoms with Crippen LogP contribution in [0.2, 0.25) is 0 Å². The van der Waals surface area contributed by atoms with E-state index in [1.165, 1.54) is 38.5 Å². The number of hydrogen-bond acceptors (Lipinski definition) is 4. The van der Waals surface area contributed by atoms with Crippen LogP contribution < -0.4 is 5.32 Å². The molecule has 20 heavy (non-hydrogen) atoms. The van der Waals surface area contributed by atoms with Gasteiger partial charge in [-0.2, -0.15) is 14.6 Å². The van der Waals surface area contributed by atoms with Gasteiger partial charge in [0.05, 0.1) is 0 Å². The van der Waals surface area contributed by atoms with Crippen LogP contribution >= 0.6 is 0 Å². The van der Waals surface area contributed by atoms with Gasteiger partial charge in [-0.25, -0.2) is 4.98 Å². The third kappa shape index (κ3) is 2.76. The monoisotopic (exact) mass is 273 g/mol. The van der Waals surface area contributed by atoms with E-state index in [1.54, 1.807) is 10.8 Å². The molecule has 1 aliphatic carbocycles. The molecule has 2 aromatic heterocycles. The Kier molecular flexibility index (Phi) is 3.85. The first kappa shape index (κ1) is 13.3. The van der Waals surface area contributed by atoms with Crippen molar-refractivity contribution in [3.63, 3.8) is 0 Å². The van der Waals surface area contributed by atoms with Crippen molar-refractivity contribution in [3.8, 4) is 0 Å². The van der Waals surface area contributed by atoms with Gasteiger partial charge in [0.2, 0.25) is 0 Å². The van der Waals surface area contributed by atoms with Crippen molar-refractivity contribution >= 4 is 11.6 Å². The smallest absolute Gasteiger partial charge is 0.254 e. The second-order valence-corrected chi connectivity index (χ2v) is 5.91. The van der Waals surface area contributed by atoms with Crippen LogP contribution in [0.3, 0.4) is 0 Å². The highest BCUT2D eigenvalue weighted by molar-refractivity contribution is 5.45. The van der Waals surface area contributed by atoms with Crippen molar-refractivity contribution in [1.29, 1.82) is 0 Å². The van der Waals surface area contributed by atoms with Gasteiger partial charge in [-0.15, -0.1) is 0 Å². The molecular weight excluding hydrogens is 250 g/mol. The Hall–Kier alpha value is -1.65. The maximum absolute atomic E-state index is 4.38. The molecule has 1 N–H and O–H groups in total. The highest BCUT2D eigenvalue weighted by Crippen LogP contribution is 2.29. The molecule has 0 unspecified atom stereocenters. The molecule has 0 saturated heterocycles. The molecule has 3 rings (SSSR count). The largest absolute Gasteiger partial charge is 0.367 e. The first-order valence-corrected chi connectivity index (χ1v) is 7.70. The summed E-state index contributed by atoms with van der Waals surface area (Å²) in [5.74, 6) is 2.62. The van der Waals surface area contributed by atoms with Crippen molar-refractivity contribution in [2.45, 2.75) is 58.4 Å². The van der Waals surface area contributed by atoms with Gasteiger partial charge in [0.25, 0.3) is 5.78 Å². The van der Waals surface area contributed by atoms with E-state index >= 15 is 0 Å². The van der Waals surface area contributed by atoms with Gasteiger partial charge in [-0.05, 0) is 38.5 Å². The Morgan fingerprint density at radius 2 is 2.10 bits per heavy atom. The van der Waals surface area contributed by atoms with Crippen molar-refractivity contribution in [2.75, 3.05) is 5.32 Å². The molecule has 1 fully saturated rings. The summed E-state index contributed by atoms with van der Waals surface area (Å²) in [5, 5.41) is 7.88. The first-order chi connectivity index (χ1) is 9.76. The van der Waals surface area contributed by atoms with E-state index < -0.39 is 0 Å². The summed E-state index contributed by atoms with van der Waals surface area (Å²) in [6.07, 6.45) is 9.45. The van der Waals surface area contributed by atoms with Crippen LogP contribution in [0.25, 0.3) is 5.78 Å². The molecule has 108 valence electrons. The van der Waals surface area contributed by atoms with Crippen molar-refractivity contribution in [1.82, 2.24) is 19.6 Å². The molecule has 1 saturated carbocycles. The molecule has 0 aromatic carbocycles. The van der Waals surface area contributed by atoms with E-state index in [2.05, 4.69) is 33.4 Å². The maximum Gasteiger partial charge on any atom is 0.254 e. The minimum absolute atomic E-state index is 0.553. The lowest BCUT2D eigenvalue weighted by molar-refractivity contribution is 0.318. The Morgan fingerprint density at radius 3 is 2.85 bits per heavy atom. The predicted octanol–water partition coefficient (Wildman–Crippen LogP) is 3.20. The van der Waals surface area contributed by atoms with Crippen LogP contribution in [0, 0.1) is 12.8 Å². The summed E-state index contributed by atoms with van der Waals surface area (Å²) in [6, 6.07) is 2.61. The zero-order valence-corrected chi connectivity index (χ0v) is 12.3. The Morgan fingerprint density at radius 1 is 1.30 bits per heavy atom. The summed E-state index contributed by atoms with van der Waals surface area (Å²) in [6.45, 7) is 4.28. The van der Waals surface area contributed by atoms with Crippen LogP contribution in [0.4, 0.5) is 5.82 Å². The summed E-state index contributed by atoms with van der Waals surface area (Å²) in [5.41, 5.74) is 0.979. The van der Waals surface area contributed by atoms with E-state index in [0.29, 0.717) is 11.8 Å². The lowest BCUT2D eigenvalue weighted by Crippen LogP contribution is -2.27. The second kappa shape index (κ2) is 5.77. The van der Waals surface area contributed by atoms with Gasteiger partial charge < -0.3 is 5.32 Å². The highest BCUT2D eigenvalue weighted by Gasteiger charge is 2.21. The van der Waals surface area contributed by atoms with Gasteiger partial charge in [0.15, 0.2) is 0 Å². The van der Waals surface area contributed by atoms with Gasteiger partial charge in [-0.1, -0.05) is 19.8 Å². The molecule has 2 heterocycles. The van der Waals surface area contributed by atoms with Gasteiger partial charge >= 0.3 is 0 Å². The number of anilines is 1. The highest BCUT2D eigenvalue weighted by atomic mass is 15.4. The molecule has 0 amide bonds. The number of aromatic nitrogens is 4. The fourth-order valence-electron chi connectivity index (χ4n) is 3.25. The third-order valence-electron chi connectivity index (χ3n) is 4.28. The fraction of sp³-hybridized carbons (Fsp3) is 0.667. The van der Waals surface area contributed by atoms with E-state index in [4.69, 9.17) is 0 Å². The van der Waals surface area contributed by atoms with Crippen LogP contribution in [0.5, 0.6) is 0 Å². The molecule has 1 aliphatic rings. The topological polar surface area (TPSA) is 55.1 Å². The molecule has 0 spiro atoms. The minimum Gasteiger partial charge on any atom is -0.367 e. The Labute approximate surface area is 119 Å². The Bertz CT molecular complexity index is 569. The molecule has 5 nitrogen and oxygen atoms in total.